The summed E-state index contributed by atoms with van der Waals surface area (Å²) in [6, 6.07) is 0. The van der Waals surface area contributed by atoms with Crippen LogP contribution in [0.3, 0.4) is 0 Å². The van der Waals surface area contributed by atoms with Crippen LogP contribution in [-0.2, 0) is 9.59 Å². The number of carboxylic acids is 1. The molecule has 0 aromatic heterocycles. The Labute approximate surface area is 118 Å². The van der Waals surface area contributed by atoms with Crippen LogP contribution < -0.4 is 11.1 Å². The topological polar surface area (TPSA) is 133 Å². The van der Waals surface area contributed by atoms with Gasteiger partial charge in [0.1, 0.15) is 6.10 Å². The van der Waals surface area contributed by atoms with E-state index in [4.69, 9.17) is 15.9 Å². The molecule has 1 amide bonds. The van der Waals surface area contributed by atoms with Crippen LogP contribution in [-0.4, -0.2) is 58.7 Å². The van der Waals surface area contributed by atoms with Crippen LogP contribution in [0.15, 0.2) is 0 Å². The zero-order valence-electron chi connectivity index (χ0n) is 11.3. The molecule has 114 valence electrons. The Morgan fingerprint density at radius 3 is 2.21 bits per heavy atom. The van der Waals surface area contributed by atoms with E-state index in [1.54, 1.807) is 0 Å². The zero-order chi connectivity index (χ0) is 15.5. The quantitative estimate of drug-likeness (QED) is 0.328. The Bertz CT molecular complexity index is 272. The number of rotatable bonds is 7. The maximum absolute atomic E-state index is 11.3. The van der Waals surface area contributed by atoms with E-state index in [2.05, 4.69) is 17.9 Å². The number of nitrogens with one attached hydrogen (secondary N) is 1. The summed E-state index contributed by atoms with van der Waals surface area (Å²) in [4.78, 5) is 21.4. The van der Waals surface area contributed by atoms with Gasteiger partial charge in [-0.15, -0.1) is 0 Å². The van der Waals surface area contributed by atoms with E-state index in [9.17, 15) is 14.7 Å². The van der Waals surface area contributed by atoms with Crippen molar-refractivity contribution in [1.29, 1.82) is 0 Å². The standard InChI is InChI=1S/C9H17NO5.C2H7NS/c1-9(2,5-11)7(14)8(15)10-4-3-6(12)13;3-1-2-4/h7,11,14H,3-5H2,1-2H3,(H,10,15)(H,12,13);4H,1-3H2. The molecular weight excluding hydrogens is 272 g/mol. The maximum Gasteiger partial charge on any atom is 0.305 e. The molecule has 1 unspecified atom stereocenters. The van der Waals surface area contributed by atoms with Gasteiger partial charge in [-0.2, -0.15) is 12.6 Å². The molecule has 0 aromatic rings. The van der Waals surface area contributed by atoms with Crippen molar-refractivity contribution in [1.82, 2.24) is 5.32 Å². The number of hydrogen-bond donors (Lipinski definition) is 6. The fraction of sp³-hybridized carbons (Fsp3) is 0.818. The summed E-state index contributed by atoms with van der Waals surface area (Å²) in [6.07, 6.45) is -1.55. The number of hydrogen-bond acceptors (Lipinski definition) is 6. The van der Waals surface area contributed by atoms with Crippen molar-refractivity contribution in [2.24, 2.45) is 11.1 Å². The molecule has 0 fully saturated rings. The molecule has 1 atom stereocenters. The summed E-state index contributed by atoms with van der Waals surface area (Å²) in [6.45, 7) is 3.39. The lowest BCUT2D eigenvalue weighted by atomic mass is 9.87. The normalized spacial score (nSPS) is 12.1. The Hall–Kier alpha value is -0.830. The highest BCUT2D eigenvalue weighted by Gasteiger charge is 2.32. The Balaban J connectivity index is 0. The lowest BCUT2D eigenvalue weighted by Gasteiger charge is -2.26. The van der Waals surface area contributed by atoms with Crippen LogP contribution in [0.1, 0.15) is 20.3 Å². The minimum absolute atomic E-state index is 0.0350. The molecule has 0 rings (SSSR count). The van der Waals surface area contributed by atoms with Gasteiger partial charge >= 0.3 is 5.97 Å². The van der Waals surface area contributed by atoms with Crippen LogP contribution in [0.4, 0.5) is 0 Å². The van der Waals surface area contributed by atoms with Gasteiger partial charge in [0.05, 0.1) is 13.0 Å². The maximum atomic E-state index is 11.3. The number of aliphatic carboxylic acids is 1. The highest BCUT2D eigenvalue weighted by molar-refractivity contribution is 7.80. The van der Waals surface area contributed by atoms with Crippen LogP contribution in [0.2, 0.25) is 0 Å². The molecule has 0 aliphatic heterocycles. The minimum Gasteiger partial charge on any atom is -0.481 e. The third-order valence-corrected chi connectivity index (χ3v) is 2.42. The number of thiol groups is 1. The fourth-order valence-corrected chi connectivity index (χ4v) is 0.831. The molecule has 0 heterocycles. The van der Waals surface area contributed by atoms with Crippen molar-refractivity contribution in [3.8, 4) is 0 Å². The van der Waals surface area contributed by atoms with Gasteiger partial charge in [-0.05, 0) is 0 Å². The van der Waals surface area contributed by atoms with Gasteiger partial charge in [-0.25, -0.2) is 0 Å². The average Bonchev–Trinajstić information content (AvgIpc) is 2.37. The van der Waals surface area contributed by atoms with Gasteiger partial charge in [-0.1, -0.05) is 13.8 Å². The molecule has 7 nitrogen and oxygen atoms in total. The summed E-state index contributed by atoms with van der Waals surface area (Å²) in [5.74, 6) is -0.901. The Morgan fingerprint density at radius 2 is 1.89 bits per heavy atom. The number of carbonyl (C=O) groups is 2. The van der Waals surface area contributed by atoms with Crippen LogP contribution in [0, 0.1) is 5.41 Å². The highest BCUT2D eigenvalue weighted by atomic mass is 32.1. The second kappa shape index (κ2) is 11.0. The molecule has 6 N–H and O–H groups in total. The summed E-state index contributed by atoms with van der Waals surface area (Å²) in [5.41, 5.74) is 4.01. The number of amides is 1. The van der Waals surface area contributed by atoms with Crippen molar-refractivity contribution in [3.05, 3.63) is 0 Å². The van der Waals surface area contributed by atoms with Gasteiger partial charge in [0.25, 0.3) is 0 Å². The van der Waals surface area contributed by atoms with Crippen LogP contribution in [0.25, 0.3) is 0 Å². The predicted molar refractivity (Wildman–Crippen MR) is 75.0 cm³/mol. The zero-order valence-corrected chi connectivity index (χ0v) is 12.2. The van der Waals surface area contributed by atoms with E-state index in [0.29, 0.717) is 6.54 Å². The number of carbonyl (C=O) groups excluding carboxylic acids is 1. The first-order valence-corrected chi connectivity index (χ1v) is 6.45. The first kappa shape index (κ1) is 20.5. The average molecular weight is 296 g/mol. The van der Waals surface area contributed by atoms with E-state index in [0.717, 1.165) is 5.75 Å². The molecule has 0 saturated heterocycles. The van der Waals surface area contributed by atoms with Gasteiger partial charge in [-0.3, -0.25) is 9.59 Å². The number of carboxylic acid groups (broad SMARTS) is 1. The number of aliphatic hydroxyl groups is 2. The minimum atomic E-state index is -1.35. The Kier molecular flexibility index (Phi) is 11.9. The summed E-state index contributed by atoms with van der Waals surface area (Å²) >= 11 is 3.80. The first-order valence-electron chi connectivity index (χ1n) is 5.82. The van der Waals surface area contributed by atoms with Crippen molar-refractivity contribution < 1.29 is 24.9 Å². The molecular formula is C11H24N2O5S. The summed E-state index contributed by atoms with van der Waals surface area (Å²) in [5, 5.41) is 29.0. The molecule has 0 aliphatic carbocycles. The van der Waals surface area contributed by atoms with Crippen molar-refractivity contribution in [2.45, 2.75) is 26.4 Å². The molecule has 0 aromatic carbocycles. The molecule has 0 radical (unpaired) electrons. The Morgan fingerprint density at radius 1 is 1.42 bits per heavy atom. The third kappa shape index (κ3) is 10.8. The van der Waals surface area contributed by atoms with Crippen LogP contribution in [0.5, 0.6) is 0 Å². The summed E-state index contributed by atoms with van der Waals surface area (Å²) < 4.78 is 0. The fourth-order valence-electron chi connectivity index (χ4n) is 0.831. The molecule has 0 spiro atoms. The monoisotopic (exact) mass is 296 g/mol. The lowest BCUT2D eigenvalue weighted by Crippen LogP contribution is -2.45. The van der Waals surface area contributed by atoms with Crippen molar-refractivity contribution in [3.63, 3.8) is 0 Å². The van der Waals surface area contributed by atoms with Crippen LogP contribution >= 0.6 is 12.6 Å². The highest BCUT2D eigenvalue weighted by Crippen LogP contribution is 2.19. The molecule has 0 bridgehead atoms. The molecule has 0 aliphatic rings. The smallest absolute Gasteiger partial charge is 0.305 e. The molecule has 19 heavy (non-hydrogen) atoms. The van der Waals surface area contributed by atoms with E-state index in [1.165, 1.54) is 13.8 Å². The van der Waals surface area contributed by atoms with E-state index in [1.807, 2.05) is 0 Å². The van der Waals surface area contributed by atoms with E-state index in [-0.39, 0.29) is 19.6 Å². The van der Waals surface area contributed by atoms with Gasteiger partial charge < -0.3 is 26.4 Å². The summed E-state index contributed by atoms with van der Waals surface area (Å²) in [7, 11) is 0. The predicted octanol–water partition coefficient (Wildman–Crippen LogP) is -1.17. The second-order valence-electron chi connectivity index (χ2n) is 4.50. The molecule has 0 saturated carbocycles. The van der Waals surface area contributed by atoms with Gasteiger partial charge in [0.2, 0.25) is 5.91 Å². The second-order valence-corrected chi connectivity index (χ2v) is 4.94. The molecule has 8 heteroatoms. The SMILES string of the molecule is CC(C)(CO)C(O)C(=O)NCCC(=O)O.NCCS. The largest absolute Gasteiger partial charge is 0.481 e. The van der Waals surface area contributed by atoms with E-state index < -0.39 is 23.4 Å². The third-order valence-electron chi connectivity index (χ3n) is 2.16. The van der Waals surface area contributed by atoms with Crippen molar-refractivity contribution in [2.75, 3.05) is 25.4 Å². The lowest BCUT2D eigenvalue weighted by molar-refractivity contribution is -0.138. The van der Waals surface area contributed by atoms with Crippen molar-refractivity contribution >= 4 is 24.5 Å². The first-order chi connectivity index (χ1) is 8.72. The van der Waals surface area contributed by atoms with Gasteiger partial charge in [0.15, 0.2) is 0 Å². The number of nitrogens with two attached hydrogens (primary N) is 1. The number of aliphatic hydroxyl groups excluding tert-OH is 2. The van der Waals surface area contributed by atoms with Gasteiger partial charge in [0, 0.05) is 24.3 Å². The van der Waals surface area contributed by atoms with E-state index >= 15 is 0 Å².